The fourth-order valence-electron chi connectivity index (χ4n) is 1.36. The first kappa shape index (κ1) is 16.9. The zero-order valence-corrected chi connectivity index (χ0v) is 13.1. The first-order chi connectivity index (χ1) is 9.46. The molecule has 7 nitrogen and oxygen atoms in total. The second-order valence-electron chi connectivity index (χ2n) is 3.90. The zero-order valence-electron chi connectivity index (χ0n) is 11.5. The van der Waals surface area contributed by atoms with Gasteiger partial charge in [0.25, 0.3) is 0 Å². The minimum atomic E-state index is -3.21. The van der Waals surface area contributed by atoms with Gasteiger partial charge in [0.2, 0.25) is 10.0 Å². The summed E-state index contributed by atoms with van der Waals surface area (Å²) in [5.74, 6) is -0.253. The lowest BCUT2D eigenvalue weighted by atomic mass is 10.2. The third-order valence-corrected chi connectivity index (χ3v) is 4.61. The Hall–Kier alpha value is -1.19. The molecule has 0 aliphatic rings. The summed E-state index contributed by atoms with van der Waals surface area (Å²) in [6.45, 7) is 2.43. The van der Waals surface area contributed by atoms with Crippen LogP contribution in [0, 0.1) is 0 Å². The van der Waals surface area contributed by atoms with Crippen LogP contribution in [-0.2, 0) is 26.0 Å². The lowest BCUT2D eigenvalue weighted by Gasteiger charge is -2.03. The number of hydrogen-bond donors (Lipinski definition) is 2. The highest BCUT2D eigenvalue weighted by atomic mass is 32.2. The van der Waals surface area contributed by atoms with Crippen LogP contribution in [-0.4, -0.2) is 45.3 Å². The molecule has 9 heteroatoms. The van der Waals surface area contributed by atoms with Crippen molar-refractivity contribution >= 4 is 32.5 Å². The molecule has 0 radical (unpaired) electrons. The maximum atomic E-state index is 11.2. The average molecular weight is 321 g/mol. The molecule has 1 rings (SSSR count). The van der Waals surface area contributed by atoms with Crippen LogP contribution in [0.2, 0.25) is 0 Å². The fourth-order valence-corrected chi connectivity index (χ4v) is 2.71. The van der Waals surface area contributed by atoms with Gasteiger partial charge in [0.15, 0.2) is 5.13 Å². The van der Waals surface area contributed by atoms with E-state index >= 15 is 0 Å². The minimum Gasteiger partial charge on any atom is -0.466 e. The number of anilines is 1. The molecule has 114 valence electrons. The van der Waals surface area contributed by atoms with Gasteiger partial charge in [-0.05, 0) is 14.0 Å². The van der Waals surface area contributed by atoms with Crippen LogP contribution in [0.15, 0.2) is 5.38 Å². The van der Waals surface area contributed by atoms with Crippen molar-refractivity contribution in [2.45, 2.75) is 19.8 Å². The summed E-state index contributed by atoms with van der Waals surface area (Å²) >= 11 is 1.38. The molecule has 1 heterocycles. The SMILES string of the molecule is CCOC(=O)CCc1csc(NCCS(=O)(=O)NC)n1. The monoisotopic (exact) mass is 321 g/mol. The second kappa shape index (κ2) is 8.18. The Labute approximate surface area is 122 Å². The Balaban J connectivity index is 2.34. The highest BCUT2D eigenvalue weighted by Crippen LogP contribution is 2.16. The number of nitrogens with one attached hydrogen (secondary N) is 2. The topological polar surface area (TPSA) is 97.4 Å². The van der Waals surface area contributed by atoms with Crippen molar-refractivity contribution in [2.24, 2.45) is 0 Å². The highest BCUT2D eigenvalue weighted by Gasteiger charge is 2.08. The second-order valence-corrected chi connectivity index (χ2v) is 6.80. The Bertz CT molecular complexity index is 528. The molecule has 1 aromatic heterocycles. The molecule has 0 aromatic carbocycles. The number of aryl methyl sites for hydroxylation is 1. The van der Waals surface area contributed by atoms with Crippen LogP contribution in [0.5, 0.6) is 0 Å². The number of ether oxygens (including phenoxy) is 1. The Morgan fingerprint density at radius 3 is 2.90 bits per heavy atom. The van der Waals surface area contributed by atoms with Gasteiger partial charge in [-0.1, -0.05) is 0 Å². The number of esters is 1. The number of sulfonamides is 1. The van der Waals surface area contributed by atoms with Crippen molar-refractivity contribution in [3.05, 3.63) is 11.1 Å². The number of aromatic nitrogens is 1. The van der Waals surface area contributed by atoms with Gasteiger partial charge >= 0.3 is 5.97 Å². The Kier molecular flexibility index (Phi) is 6.89. The first-order valence-corrected chi connectivity index (χ1v) is 8.75. The van der Waals surface area contributed by atoms with E-state index in [-0.39, 0.29) is 18.3 Å². The van der Waals surface area contributed by atoms with Gasteiger partial charge in [-0.3, -0.25) is 4.79 Å². The lowest BCUT2D eigenvalue weighted by Crippen LogP contribution is -2.26. The standard InChI is InChI=1S/C11H19N3O4S2/c1-3-18-10(15)5-4-9-8-19-11(14-9)13-6-7-20(16,17)12-2/h8,12H,3-7H2,1-2H3,(H,13,14). The Morgan fingerprint density at radius 2 is 2.25 bits per heavy atom. The molecule has 0 atom stereocenters. The Morgan fingerprint density at radius 1 is 1.50 bits per heavy atom. The van der Waals surface area contributed by atoms with E-state index < -0.39 is 10.0 Å². The van der Waals surface area contributed by atoms with Crippen molar-refractivity contribution in [1.82, 2.24) is 9.71 Å². The molecule has 0 bridgehead atoms. The normalized spacial score (nSPS) is 11.3. The fraction of sp³-hybridized carbons (Fsp3) is 0.636. The predicted octanol–water partition coefficient (Wildman–Crippen LogP) is 0.600. The molecule has 0 aliphatic carbocycles. The summed E-state index contributed by atoms with van der Waals surface area (Å²) in [4.78, 5) is 15.5. The largest absolute Gasteiger partial charge is 0.466 e. The van der Waals surface area contributed by atoms with E-state index in [0.717, 1.165) is 5.69 Å². The van der Waals surface area contributed by atoms with Gasteiger partial charge in [0.05, 0.1) is 24.5 Å². The first-order valence-electron chi connectivity index (χ1n) is 6.22. The molecule has 0 amide bonds. The maximum Gasteiger partial charge on any atom is 0.306 e. The van der Waals surface area contributed by atoms with Crippen molar-refractivity contribution < 1.29 is 17.9 Å². The third kappa shape index (κ3) is 6.31. The van der Waals surface area contributed by atoms with Crippen LogP contribution in [0.25, 0.3) is 0 Å². The van der Waals surface area contributed by atoms with E-state index in [4.69, 9.17) is 4.74 Å². The van der Waals surface area contributed by atoms with Crippen LogP contribution >= 0.6 is 11.3 Å². The van der Waals surface area contributed by atoms with Crippen LogP contribution in [0.1, 0.15) is 19.0 Å². The van der Waals surface area contributed by atoms with E-state index in [9.17, 15) is 13.2 Å². The molecule has 0 aliphatic heterocycles. The van der Waals surface area contributed by atoms with Gasteiger partial charge in [0.1, 0.15) is 0 Å². The van der Waals surface area contributed by atoms with Gasteiger partial charge in [-0.2, -0.15) is 0 Å². The summed E-state index contributed by atoms with van der Waals surface area (Å²) in [6.07, 6.45) is 0.816. The van der Waals surface area contributed by atoms with Gasteiger partial charge in [0, 0.05) is 18.3 Å². The van der Waals surface area contributed by atoms with Crippen LogP contribution in [0.3, 0.4) is 0 Å². The van der Waals surface area contributed by atoms with Crippen molar-refractivity contribution in [2.75, 3.05) is 31.3 Å². The van der Waals surface area contributed by atoms with E-state index in [2.05, 4.69) is 15.0 Å². The molecular formula is C11H19N3O4S2. The highest BCUT2D eigenvalue weighted by molar-refractivity contribution is 7.89. The van der Waals surface area contributed by atoms with E-state index in [0.29, 0.717) is 24.6 Å². The van der Waals surface area contributed by atoms with E-state index in [1.54, 1.807) is 6.92 Å². The third-order valence-electron chi connectivity index (χ3n) is 2.40. The van der Waals surface area contributed by atoms with Crippen molar-refractivity contribution in [3.8, 4) is 0 Å². The number of rotatable bonds is 9. The molecular weight excluding hydrogens is 302 g/mol. The molecule has 0 saturated carbocycles. The molecule has 0 spiro atoms. The zero-order chi connectivity index (χ0) is 15.0. The van der Waals surface area contributed by atoms with Crippen LogP contribution in [0.4, 0.5) is 5.13 Å². The van der Waals surface area contributed by atoms with E-state index in [1.807, 2.05) is 5.38 Å². The summed E-state index contributed by atoms with van der Waals surface area (Å²) < 4.78 is 29.5. The number of thiazole rings is 1. The van der Waals surface area contributed by atoms with Gasteiger partial charge < -0.3 is 10.1 Å². The summed E-state index contributed by atoms with van der Waals surface area (Å²) in [5.41, 5.74) is 0.794. The quantitative estimate of drug-likeness (QED) is 0.646. The number of carbonyl (C=O) groups excluding carboxylic acids is 1. The average Bonchev–Trinajstić information content (AvgIpc) is 2.84. The number of carbonyl (C=O) groups is 1. The van der Waals surface area contributed by atoms with E-state index in [1.165, 1.54) is 18.4 Å². The minimum absolute atomic E-state index is 0.0127. The molecule has 0 fully saturated rings. The molecule has 1 aromatic rings. The van der Waals surface area contributed by atoms with Crippen molar-refractivity contribution in [3.63, 3.8) is 0 Å². The smallest absolute Gasteiger partial charge is 0.306 e. The molecule has 0 saturated heterocycles. The number of hydrogen-bond acceptors (Lipinski definition) is 7. The summed E-state index contributed by atoms with van der Waals surface area (Å²) in [5, 5.41) is 5.43. The molecule has 0 unspecified atom stereocenters. The molecule has 2 N–H and O–H groups in total. The summed E-state index contributed by atoms with van der Waals surface area (Å²) in [7, 11) is -1.83. The lowest BCUT2D eigenvalue weighted by molar-refractivity contribution is -0.143. The van der Waals surface area contributed by atoms with Crippen molar-refractivity contribution in [1.29, 1.82) is 0 Å². The molecule has 20 heavy (non-hydrogen) atoms. The van der Waals surface area contributed by atoms with Crippen LogP contribution < -0.4 is 10.0 Å². The van der Waals surface area contributed by atoms with Gasteiger partial charge in [-0.25, -0.2) is 18.1 Å². The predicted molar refractivity (Wildman–Crippen MR) is 78.4 cm³/mol. The van der Waals surface area contributed by atoms with Gasteiger partial charge in [-0.15, -0.1) is 11.3 Å². The maximum absolute atomic E-state index is 11.2. The summed E-state index contributed by atoms with van der Waals surface area (Å²) in [6, 6.07) is 0. The number of nitrogens with zero attached hydrogens (tertiary/aromatic N) is 1.